The van der Waals surface area contributed by atoms with Gasteiger partial charge in [-0.1, -0.05) is 45.0 Å². The minimum absolute atomic E-state index is 0.359. The highest BCUT2D eigenvalue weighted by molar-refractivity contribution is 7.27. The van der Waals surface area contributed by atoms with Crippen LogP contribution in [0.1, 0.15) is 39.2 Å². The zero-order valence-electron chi connectivity index (χ0n) is 8.80. The molecule has 0 bridgehead atoms. The molecule has 0 heterocycles. The van der Waals surface area contributed by atoms with Crippen molar-refractivity contribution < 1.29 is 0 Å². The molecule has 0 radical (unpaired) electrons. The van der Waals surface area contributed by atoms with Crippen LogP contribution in [-0.4, -0.2) is 0 Å². The summed E-state index contributed by atoms with van der Waals surface area (Å²) < 4.78 is 0. The molecule has 0 aliphatic carbocycles. The number of benzene rings is 1. The normalized spacial score (nSPS) is 11.7. The van der Waals surface area contributed by atoms with Gasteiger partial charge in [0, 0.05) is 0 Å². The molecule has 1 aromatic carbocycles. The first-order valence-corrected chi connectivity index (χ1v) is 5.56. The van der Waals surface area contributed by atoms with Gasteiger partial charge in [0.25, 0.3) is 0 Å². The van der Waals surface area contributed by atoms with E-state index in [4.69, 9.17) is 0 Å². The van der Waals surface area contributed by atoms with Crippen molar-refractivity contribution in [3.63, 3.8) is 0 Å². The highest BCUT2D eigenvalue weighted by atomic mass is 31.0. The Hall–Kier alpha value is -0.350. The average molecular weight is 194 g/mol. The van der Waals surface area contributed by atoms with Gasteiger partial charge in [0.2, 0.25) is 0 Å². The molecular weight excluding hydrogens is 175 g/mol. The number of rotatable bonds is 3. The van der Waals surface area contributed by atoms with E-state index in [0.29, 0.717) is 5.41 Å². The van der Waals surface area contributed by atoms with Gasteiger partial charge in [0.1, 0.15) is 0 Å². The van der Waals surface area contributed by atoms with Crippen molar-refractivity contribution in [1.82, 2.24) is 0 Å². The maximum absolute atomic E-state index is 2.72. The number of hydrogen-bond donors (Lipinski definition) is 0. The van der Waals surface area contributed by atoms with Crippen molar-refractivity contribution in [1.29, 1.82) is 0 Å². The lowest BCUT2D eigenvalue weighted by molar-refractivity contribution is 0.439. The molecule has 1 atom stereocenters. The number of hydrogen-bond acceptors (Lipinski definition) is 0. The summed E-state index contributed by atoms with van der Waals surface area (Å²) in [7, 11) is 2.72. The van der Waals surface area contributed by atoms with Crippen LogP contribution >= 0.6 is 9.24 Å². The van der Waals surface area contributed by atoms with E-state index in [1.165, 1.54) is 23.7 Å². The van der Waals surface area contributed by atoms with E-state index in [1.807, 2.05) is 0 Å². The fourth-order valence-electron chi connectivity index (χ4n) is 1.54. The standard InChI is InChI=1S/C12H19P/c1-4-12(3,5-2)10-6-8-11(13)9-7-10/h6-9H,4-5,13H2,1-3H3. The predicted molar refractivity (Wildman–Crippen MR) is 63.7 cm³/mol. The Morgan fingerprint density at radius 2 is 1.54 bits per heavy atom. The van der Waals surface area contributed by atoms with Crippen LogP contribution in [0.4, 0.5) is 0 Å². The van der Waals surface area contributed by atoms with E-state index in [1.54, 1.807) is 0 Å². The summed E-state index contributed by atoms with van der Waals surface area (Å²) in [6, 6.07) is 8.83. The van der Waals surface area contributed by atoms with Crippen LogP contribution in [0.5, 0.6) is 0 Å². The third-order valence-electron chi connectivity index (χ3n) is 3.17. The molecule has 0 aliphatic rings. The second kappa shape index (κ2) is 4.24. The van der Waals surface area contributed by atoms with Gasteiger partial charge in [-0.3, -0.25) is 0 Å². The fourth-order valence-corrected chi connectivity index (χ4v) is 1.74. The lowest BCUT2D eigenvalue weighted by Crippen LogP contribution is -2.19. The van der Waals surface area contributed by atoms with Gasteiger partial charge in [0.05, 0.1) is 0 Å². The summed E-state index contributed by atoms with van der Waals surface area (Å²) in [4.78, 5) is 0. The van der Waals surface area contributed by atoms with E-state index in [-0.39, 0.29) is 0 Å². The van der Waals surface area contributed by atoms with E-state index >= 15 is 0 Å². The van der Waals surface area contributed by atoms with Crippen molar-refractivity contribution in [2.75, 3.05) is 0 Å². The van der Waals surface area contributed by atoms with E-state index in [2.05, 4.69) is 54.3 Å². The van der Waals surface area contributed by atoms with Gasteiger partial charge in [-0.25, -0.2) is 0 Å². The summed E-state index contributed by atoms with van der Waals surface area (Å²) >= 11 is 0. The smallest absolute Gasteiger partial charge is 0.00805 e. The molecule has 0 nitrogen and oxygen atoms in total. The van der Waals surface area contributed by atoms with Crippen molar-refractivity contribution >= 4 is 14.5 Å². The van der Waals surface area contributed by atoms with Crippen LogP contribution < -0.4 is 5.30 Å². The molecule has 0 aromatic heterocycles. The van der Waals surface area contributed by atoms with E-state index < -0.39 is 0 Å². The SMILES string of the molecule is CCC(C)(CC)c1ccc(P)cc1. The van der Waals surface area contributed by atoms with Gasteiger partial charge < -0.3 is 0 Å². The predicted octanol–water partition coefficient (Wildman–Crippen LogP) is 3.26. The third kappa shape index (κ3) is 2.31. The monoisotopic (exact) mass is 194 g/mol. The molecule has 13 heavy (non-hydrogen) atoms. The Kier molecular flexibility index (Phi) is 3.50. The molecule has 0 spiro atoms. The second-order valence-corrected chi connectivity index (χ2v) is 4.56. The third-order valence-corrected chi connectivity index (χ3v) is 3.55. The minimum Gasteiger partial charge on any atom is -0.106 e. The molecule has 0 fully saturated rings. The molecule has 0 aliphatic heterocycles. The first kappa shape index (κ1) is 10.7. The molecule has 1 heteroatoms. The molecule has 1 unspecified atom stereocenters. The topological polar surface area (TPSA) is 0 Å². The Morgan fingerprint density at radius 3 is 1.92 bits per heavy atom. The van der Waals surface area contributed by atoms with Gasteiger partial charge in [-0.05, 0) is 29.1 Å². The minimum atomic E-state index is 0.359. The van der Waals surface area contributed by atoms with Crippen LogP contribution in [0.3, 0.4) is 0 Å². The molecule has 0 saturated heterocycles. The summed E-state index contributed by atoms with van der Waals surface area (Å²) in [5, 5.41) is 1.26. The fraction of sp³-hybridized carbons (Fsp3) is 0.500. The van der Waals surface area contributed by atoms with Crippen molar-refractivity contribution in [2.45, 2.75) is 39.0 Å². The van der Waals surface area contributed by atoms with Crippen LogP contribution in [0, 0.1) is 0 Å². The van der Waals surface area contributed by atoms with Crippen LogP contribution in [-0.2, 0) is 5.41 Å². The quantitative estimate of drug-likeness (QED) is 0.648. The van der Waals surface area contributed by atoms with E-state index in [9.17, 15) is 0 Å². The molecule has 0 N–H and O–H groups in total. The molecule has 72 valence electrons. The van der Waals surface area contributed by atoms with Gasteiger partial charge >= 0.3 is 0 Å². The Labute approximate surface area is 84.0 Å². The van der Waals surface area contributed by atoms with Crippen molar-refractivity contribution in [2.24, 2.45) is 0 Å². The lowest BCUT2D eigenvalue weighted by Gasteiger charge is -2.27. The van der Waals surface area contributed by atoms with Crippen LogP contribution in [0.2, 0.25) is 0 Å². The average Bonchev–Trinajstić information content (AvgIpc) is 2.18. The van der Waals surface area contributed by atoms with Gasteiger partial charge in [0.15, 0.2) is 0 Å². The summed E-state index contributed by atoms with van der Waals surface area (Å²) in [6.07, 6.45) is 2.42. The van der Waals surface area contributed by atoms with Crippen LogP contribution in [0.15, 0.2) is 24.3 Å². The molecule has 1 aromatic rings. The maximum atomic E-state index is 2.72. The Morgan fingerprint density at radius 1 is 1.08 bits per heavy atom. The highest BCUT2D eigenvalue weighted by Crippen LogP contribution is 2.30. The van der Waals surface area contributed by atoms with E-state index in [0.717, 1.165) is 0 Å². The van der Waals surface area contributed by atoms with Gasteiger partial charge in [-0.15, -0.1) is 9.24 Å². The molecular formula is C12H19P. The zero-order valence-corrected chi connectivity index (χ0v) is 9.96. The molecule has 1 rings (SSSR count). The van der Waals surface area contributed by atoms with Gasteiger partial charge in [-0.2, -0.15) is 0 Å². The maximum Gasteiger partial charge on any atom is -0.00805 e. The largest absolute Gasteiger partial charge is 0.106 e. The zero-order chi connectivity index (χ0) is 9.90. The second-order valence-electron chi connectivity index (χ2n) is 3.89. The Balaban J connectivity index is 2.99. The lowest BCUT2D eigenvalue weighted by atomic mass is 9.78. The Bertz CT molecular complexity index is 257. The first-order valence-electron chi connectivity index (χ1n) is 4.98. The molecule has 0 saturated carbocycles. The summed E-state index contributed by atoms with van der Waals surface area (Å²) in [5.74, 6) is 0. The summed E-state index contributed by atoms with van der Waals surface area (Å²) in [5.41, 5.74) is 1.82. The molecule has 0 amide bonds. The first-order chi connectivity index (χ1) is 6.12. The summed E-state index contributed by atoms with van der Waals surface area (Å²) in [6.45, 7) is 6.86. The van der Waals surface area contributed by atoms with Crippen molar-refractivity contribution in [3.05, 3.63) is 29.8 Å². The highest BCUT2D eigenvalue weighted by Gasteiger charge is 2.21. The van der Waals surface area contributed by atoms with Crippen LogP contribution in [0.25, 0.3) is 0 Å². The van der Waals surface area contributed by atoms with Crippen molar-refractivity contribution in [3.8, 4) is 0 Å².